The maximum absolute atomic E-state index is 9.09. The van der Waals surface area contributed by atoms with Crippen molar-refractivity contribution >= 4 is 0 Å². The quantitative estimate of drug-likeness (QED) is 0.578. The Morgan fingerprint density at radius 3 is 2.64 bits per heavy atom. The molecule has 0 amide bonds. The maximum atomic E-state index is 9.09. The first-order chi connectivity index (χ1) is 5.16. The predicted octanol–water partition coefficient (Wildman–Crippen LogP) is 0.134. The van der Waals surface area contributed by atoms with Gasteiger partial charge in [-0.3, -0.25) is 0 Å². The van der Waals surface area contributed by atoms with Crippen molar-refractivity contribution in [3.63, 3.8) is 0 Å². The fraction of sp³-hybridized carbons (Fsp3) is 0.750. The number of terminal acetylenes is 1. The highest BCUT2D eigenvalue weighted by Crippen LogP contribution is 2.23. The second-order valence-electron chi connectivity index (χ2n) is 2.72. The molecule has 1 rings (SSSR count). The summed E-state index contributed by atoms with van der Waals surface area (Å²) in [6.07, 6.45) is 4.56. The lowest BCUT2D eigenvalue weighted by atomic mass is 10.1. The van der Waals surface area contributed by atoms with Gasteiger partial charge in [-0.05, 0) is 6.92 Å². The highest BCUT2D eigenvalue weighted by molar-refractivity contribution is 4.95. The molecule has 0 aromatic heterocycles. The lowest BCUT2D eigenvalue weighted by Crippen LogP contribution is -2.30. The van der Waals surface area contributed by atoms with Crippen molar-refractivity contribution in [2.75, 3.05) is 13.2 Å². The van der Waals surface area contributed by atoms with E-state index in [0.29, 0.717) is 19.6 Å². The van der Waals surface area contributed by atoms with Gasteiger partial charge in [0, 0.05) is 6.42 Å². The second-order valence-corrected chi connectivity index (χ2v) is 2.72. The van der Waals surface area contributed by atoms with Gasteiger partial charge >= 0.3 is 0 Å². The van der Waals surface area contributed by atoms with Crippen LogP contribution in [0.25, 0.3) is 0 Å². The average Bonchev–Trinajstić information content (AvgIpc) is 2.36. The molecule has 62 valence electrons. The van der Waals surface area contributed by atoms with E-state index in [2.05, 4.69) is 5.92 Å². The van der Waals surface area contributed by atoms with Crippen molar-refractivity contribution in [2.24, 2.45) is 0 Å². The molecule has 1 saturated heterocycles. The van der Waals surface area contributed by atoms with Crippen molar-refractivity contribution in [3.05, 3.63) is 0 Å². The molecule has 0 radical (unpaired) electrons. The van der Waals surface area contributed by atoms with E-state index in [0.717, 1.165) is 0 Å². The number of hydrogen-bond donors (Lipinski definition) is 1. The molecule has 1 aliphatic heterocycles. The van der Waals surface area contributed by atoms with Crippen molar-refractivity contribution in [3.8, 4) is 12.3 Å². The van der Waals surface area contributed by atoms with Gasteiger partial charge in [-0.2, -0.15) is 0 Å². The Hall–Kier alpha value is -0.560. The van der Waals surface area contributed by atoms with E-state index in [9.17, 15) is 0 Å². The molecule has 1 unspecified atom stereocenters. The first kappa shape index (κ1) is 8.54. The molecular formula is C8H12O3. The predicted molar refractivity (Wildman–Crippen MR) is 39.8 cm³/mol. The Labute approximate surface area is 66.3 Å². The summed E-state index contributed by atoms with van der Waals surface area (Å²) in [7, 11) is 0. The minimum atomic E-state index is -0.780. The van der Waals surface area contributed by atoms with Crippen LogP contribution in [0, 0.1) is 12.3 Å². The van der Waals surface area contributed by atoms with E-state index in [-0.39, 0.29) is 0 Å². The van der Waals surface area contributed by atoms with Gasteiger partial charge in [-0.25, -0.2) is 0 Å². The molecule has 0 saturated carbocycles. The fourth-order valence-corrected chi connectivity index (χ4v) is 1.08. The highest BCUT2D eigenvalue weighted by atomic mass is 16.7. The summed E-state index contributed by atoms with van der Waals surface area (Å²) in [5.41, 5.74) is 0. The number of rotatable bonds is 2. The Bertz CT molecular complexity index is 165. The number of ether oxygens (including phenoxy) is 2. The van der Waals surface area contributed by atoms with E-state index in [1.54, 1.807) is 6.92 Å². The Morgan fingerprint density at radius 1 is 1.64 bits per heavy atom. The topological polar surface area (TPSA) is 38.7 Å². The van der Waals surface area contributed by atoms with Crippen LogP contribution in [0.4, 0.5) is 0 Å². The van der Waals surface area contributed by atoms with Crippen LogP contribution in [0.2, 0.25) is 0 Å². The summed E-state index contributed by atoms with van der Waals surface area (Å²) in [6, 6.07) is 0. The molecule has 3 heteroatoms. The molecule has 1 N–H and O–H groups in total. The van der Waals surface area contributed by atoms with Crippen LogP contribution in [-0.2, 0) is 9.47 Å². The lowest BCUT2D eigenvalue weighted by Gasteiger charge is -2.22. The lowest BCUT2D eigenvalue weighted by molar-refractivity contribution is -0.157. The zero-order chi connectivity index (χ0) is 8.32. The molecular weight excluding hydrogens is 144 g/mol. The zero-order valence-corrected chi connectivity index (χ0v) is 6.54. The fourth-order valence-electron chi connectivity index (χ4n) is 1.08. The molecule has 0 spiro atoms. The Morgan fingerprint density at radius 2 is 2.18 bits per heavy atom. The van der Waals surface area contributed by atoms with Crippen LogP contribution in [0.3, 0.4) is 0 Å². The molecule has 0 aromatic rings. The summed E-state index contributed by atoms with van der Waals surface area (Å²) in [5, 5.41) is 9.09. The molecule has 1 fully saturated rings. The SMILES string of the molecule is C#CC(O)CC1(C)OCCO1. The van der Waals surface area contributed by atoms with E-state index >= 15 is 0 Å². The smallest absolute Gasteiger partial charge is 0.169 e. The summed E-state index contributed by atoms with van der Waals surface area (Å²) in [4.78, 5) is 0. The van der Waals surface area contributed by atoms with Gasteiger partial charge in [0.05, 0.1) is 13.2 Å². The largest absolute Gasteiger partial charge is 0.380 e. The van der Waals surface area contributed by atoms with Crippen molar-refractivity contribution in [1.29, 1.82) is 0 Å². The summed E-state index contributed by atoms with van der Waals surface area (Å²) in [5.74, 6) is 1.54. The Kier molecular flexibility index (Phi) is 2.50. The molecule has 1 atom stereocenters. The standard InChI is InChI=1S/C8H12O3/c1-3-7(9)6-8(2)10-4-5-11-8/h1,7,9H,4-6H2,2H3. The molecule has 0 aliphatic carbocycles. The first-order valence-corrected chi connectivity index (χ1v) is 3.58. The number of hydrogen-bond acceptors (Lipinski definition) is 3. The summed E-state index contributed by atoms with van der Waals surface area (Å²) in [6.45, 7) is 2.93. The van der Waals surface area contributed by atoms with Gasteiger partial charge in [0.25, 0.3) is 0 Å². The minimum Gasteiger partial charge on any atom is -0.380 e. The van der Waals surface area contributed by atoms with Crippen LogP contribution < -0.4 is 0 Å². The van der Waals surface area contributed by atoms with E-state index in [1.807, 2.05) is 0 Å². The third kappa shape index (κ3) is 2.19. The molecule has 1 aliphatic rings. The van der Waals surface area contributed by atoms with Gasteiger partial charge in [0.1, 0.15) is 6.10 Å². The highest BCUT2D eigenvalue weighted by Gasteiger charge is 2.32. The van der Waals surface area contributed by atoms with E-state index < -0.39 is 11.9 Å². The van der Waals surface area contributed by atoms with Crippen LogP contribution in [0.15, 0.2) is 0 Å². The third-order valence-electron chi connectivity index (χ3n) is 1.65. The first-order valence-electron chi connectivity index (χ1n) is 3.58. The average molecular weight is 156 g/mol. The van der Waals surface area contributed by atoms with Gasteiger partial charge in [0.2, 0.25) is 0 Å². The van der Waals surface area contributed by atoms with Gasteiger partial charge < -0.3 is 14.6 Å². The van der Waals surface area contributed by atoms with Gasteiger partial charge in [-0.1, -0.05) is 5.92 Å². The van der Waals surface area contributed by atoms with Crippen molar-refractivity contribution in [2.45, 2.75) is 25.2 Å². The molecule has 1 heterocycles. The van der Waals surface area contributed by atoms with Crippen LogP contribution in [0.5, 0.6) is 0 Å². The number of aliphatic hydroxyl groups is 1. The van der Waals surface area contributed by atoms with Gasteiger partial charge in [0.15, 0.2) is 5.79 Å². The maximum Gasteiger partial charge on any atom is 0.169 e. The second kappa shape index (κ2) is 3.22. The van der Waals surface area contributed by atoms with Crippen molar-refractivity contribution < 1.29 is 14.6 Å². The van der Waals surface area contributed by atoms with Crippen LogP contribution in [-0.4, -0.2) is 30.2 Å². The molecule has 3 nitrogen and oxygen atoms in total. The van der Waals surface area contributed by atoms with Crippen LogP contribution in [0.1, 0.15) is 13.3 Å². The third-order valence-corrected chi connectivity index (χ3v) is 1.65. The minimum absolute atomic E-state index is 0.337. The summed E-state index contributed by atoms with van der Waals surface area (Å²) < 4.78 is 10.5. The Balaban J connectivity index is 2.41. The molecule has 11 heavy (non-hydrogen) atoms. The molecule has 0 bridgehead atoms. The van der Waals surface area contributed by atoms with Crippen molar-refractivity contribution in [1.82, 2.24) is 0 Å². The van der Waals surface area contributed by atoms with Crippen LogP contribution >= 0.6 is 0 Å². The monoisotopic (exact) mass is 156 g/mol. The molecule has 0 aromatic carbocycles. The normalized spacial score (nSPS) is 24.5. The van der Waals surface area contributed by atoms with E-state index in [4.69, 9.17) is 21.0 Å². The van der Waals surface area contributed by atoms with E-state index in [1.165, 1.54) is 0 Å². The van der Waals surface area contributed by atoms with Gasteiger partial charge in [-0.15, -0.1) is 6.42 Å². The summed E-state index contributed by atoms with van der Waals surface area (Å²) >= 11 is 0. The zero-order valence-electron chi connectivity index (χ0n) is 6.54. The number of aliphatic hydroxyl groups excluding tert-OH is 1.